The van der Waals surface area contributed by atoms with E-state index in [1.807, 2.05) is 23.1 Å². The van der Waals surface area contributed by atoms with Gasteiger partial charge in [-0.3, -0.25) is 9.69 Å². The van der Waals surface area contributed by atoms with E-state index in [9.17, 15) is 4.79 Å². The molecule has 2 rings (SSSR count). The van der Waals surface area contributed by atoms with Crippen LogP contribution in [0.15, 0.2) is 24.3 Å². The van der Waals surface area contributed by atoms with Crippen molar-refractivity contribution in [1.29, 1.82) is 0 Å². The van der Waals surface area contributed by atoms with Gasteiger partial charge in [-0.15, -0.1) is 0 Å². The van der Waals surface area contributed by atoms with Crippen LogP contribution in [-0.4, -0.2) is 47.7 Å². The van der Waals surface area contributed by atoms with Crippen LogP contribution in [0.3, 0.4) is 0 Å². The zero-order chi connectivity index (χ0) is 15.4. The molecule has 0 aromatic heterocycles. The SMILES string of the molecule is CC(C)N(CCCO)CC(=O)N1c2ccccc2CC1C. The van der Waals surface area contributed by atoms with Crippen molar-refractivity contribution in [2.45, 2.75) is 45.7 Å². The van der Waals surface area contributed by atoms with E-state index >= 15 is 0 Å². The Morgan fingerprint density at radius 1 is 1.43 bits per heavy atom. The Kier molecular flexibility index (Phi) is 5.37. The van der Waals surface area contributed by atoms with Crippen molar-refractivity contribution < 1.29 is 9.90 Å². The minimum Gasteiger partial charge on any atom is -0.396 e. The van der Waals surface area contributed by atoms with Gasteiger partial charge in [0, 0.05) is 30.9 Å². The average Bonchev–Trinajstić information content (AvgIpc) is 2.78. The first-order valence-electron chi connectivity index (χ1n) is 7.79. The third-order valence-corrected chi connectivity index (χ3v) is 4.15. The molecule has 1 N–H and O–H groups in total. The van der Waals surface area contributed by atoms with Gasteiger partial charge in [0.15, 0.2) is 0 Å². The fourth-order valence-corrected chi connectivity index (χ4v) is 2.99. The van der Waals surface area contributed by atoms with Gasteiger partial charge in [0.05, 0.1) is 6.54 Å². The van der Waals surface area contributed by atoms with Crippen LogP contribution in [0.2, 0.25) is 0 Å². The van der Waals surface area contributed by atoms with Gasteiger partial charge in [-0.1, -0.05) is 18.2 Å². The number of rotatable bonds is 6. The van der Waals surface area contributed by atoms with Crippen LogP contribution in [0.5, 0.6) is 0 Å². The molecule has 4 nitrogen and oxygen atoms in total. The highest BCUT2D eigenvalue weighted by atomic mass is 16.3. The number of carbonyl (C=O) groups is 1. The molecule has 1 aliphatic heterocycles. The summed E-state index contributed by atoms with van der Waals surface area (Å²) in [5, 5.41) is 8.99. The number of hydrogen-bond acceptors (Lipinski definition) is 3. The Bertz CT molecular complexity index is 487. The topological polar surface area (TPSA) is 43.8 Å². The summed E-state index contributed by atoms with van der Waals surface area (Å²) in [6.45, 7) is 7.61. The summed E-state index contributed by atoms with van der Waals surface area (Å²) in [5.41, 5.74) is 2.31. The third kappa shape index (κ3) is 3.63. The Morgan fingerprint density at radius 2 is 2.14 bits per heavy atom. The number of aliphatic hydroxyl groups excluding tert-OH is 1. The Labute approximate surface area is 127 Å². The molecule has 1 aromatic rings. The number of nitrogens with zero attached hydrogens (tertiary/aromatic N) is 2. The molecular formula is C17H26N2O2. The van der Waals surface area contributed by atoms with Gasteiger partial charge in [-0.2, -0.15) is 0 Å². The van der Waals surface area contributed by atoms with Gasteiger partial charge in [0.1, 0.15) is 0 Å². The highest BCUT2D eigenvalue weighted by Crippen LogP contribution is 2.31. The van der Waals surface area contributed by atoms with Crippen LogP contribution in [0.4, 0.5) is 5.69 Å². The first kappa shape index (κ1) is 16.0. The summed E-state index contributed by atoms with van der Waals surface area (Å²) in [7, 11) is 0. The van der Waals surface area contributed by atoms with E-state index in [0.717, 1.165) is 18.7 Å². The molecule has 0 fully saturated rings. The molecule has 4 heteroatoms. The second kappa shape index (κ2) is 7.05. The Balaban J connectivity index is 2.09. The normalized spacial score (nSPS) is 17.6. The van der Waals surface area contributed by atoms with Crippen LogP contribution in [-0.2, 0) is 11.2 Å². The van der Waals surface area contributed by atoms with Crippen LogP contribution in [0.1, 0.15) is 32.8 Å². The lowest BCUT2D eigenvalue weighted by Gasteiger charge is -2.30. The molecule has 1 aliphatic rings. The Hall–Kier alpha value is -1.39. The maximum absolute atomic E-state index is 12.7. The van der Waals surface area contributed by atoms with Gasteiger partial charge in [0.2, 0.25) is 5.91 Å². The van der Waals surface area contributed by atoms with Crippen LogP contribution in [0.25, 0.3) is 0 Å². The van der Waals surface area contributed by atoms with Crippen molar-refractivity contribution in [1.82, 2.24) is 4.90 Å². The number of para-hydroxylation sites is 1. The third-order valence-electron chi connectivity index (χ3n) is 4.15. The fraction of sp³-hybridized carbons (Fsp3) is 0.588. The quantitative estimate of drug-likeness (QED) is 0.872. The standard InChI is InChI=1S/C17H26N2O2/c1-13(2)18(9-6-10-20)12-17(21)19-14(3)11-15-7-4-5-8-16(15)19/h4-5,7-8,13-14,20H,6,9-12H2,1-3H3. The van der Waals surface area contributed by atoms with Crippen LogP contribution >= 0.6 is 0 Å². The highest BCUT2D eigenvalue weighted by molar-refractivity contribution is 5.97. The molecule has 21 heavy (non-hydrogen) atoms. The predicted octanol–water partition coefficient (Wildman–Crippen LogP) is 2.06. The molecule has 0 saturated carbocycles. The Morgan fingerprint density at radius 3 is 2.81 bits per heavy atom. The van der Waals surface area contributed by atoms with E-state index in [0.29, 0.717) is 19.0 Å². The molecule has 1 unspecified atom stereocenters. The van der Waals surface area contributed by atoms with Crippen LogP contribution in [0, 0.1) is 0 Å². The number of hydrogen-bond donors (Lipinski definition) is 1. The molecule has 1 heterocycles. The number of amides is 1. The smallest absolute Gasteiger partial charge is 0.241 e. The second-order valence-electron chi connectivity index (χ2n) is 6.09. The van der Waals surface area contributed by atoms with Crippen LogP contribution < -0.4 is 4.90 Å². The van der Waals surface area contributed by atoms with Crippen molar-refractivity contribution >= 4 is 11.6 Å². The molecule has 0 spiro atoms. The molecule has 0 aliphatic carbocycles. The number of anilines is 1. The summed E-state index contributed by atoms with van der Waals surface area (Å²) in [4.78, 5) is 16.8. The van der Waals surface area contributed by atoms with E-state index in [1.165, 1.54) is 5.56 Å². The van der Waals surface area contributed by atoms with E-state index in [-0.39, 0.29) is 18.6 Å². The van der Waals surface area contributed by atoms with Gasteiger partial charge < -0.3 is 10.0 Å². The summed E-state index contributed by atoms with van der Waals surface area (Å²) >= 11 is 0. The molecule has 0 saturated heterocycles. The lowest BCUT2D eigenvalue weighted by atomic mass is 10.1. The maximum Gasteiger partial charge on any atom is 0.241 e. The molecule has 1 amide bonds. The number of fused-ring (bicyclic) bond motifs is 1. The predicted molar refractivity (Wildman–Crippen MR) is 85.5 cm³/mol. The molecule has 0 bridgehead atoms. The molecular weight excluding hydrogens is 264 g/mol. The van der Waals surface area contributed by atoms with Crippen molar-refractivity contribution in [3.63, 3.8) is 0 Å². The van der Waals surface area contributed by atoms with Gasteiger partial charge in [0.25, 0.3) is 0 Å². The van der Waals surface area contributed by atoms with E-state index < -0.39 is 0 Å². The zero-order valence-electron chi connectivity index (χ0n) is 13.2. The van der Waals surface area contributed by atoms with Crippen molar-refractivity contribution in [3.8, 4) is 0 Å². The largest absolute Gasteiger partial charge is 0.396 e. The molecule has 1 atom stereocenters. The summed E-state index contributed by atoms with van der Waals surface area (Å²) in [6, 6.07) is 8.68. The molecule has 1 aromatic carbocycles. The van der Waals surface area contributed by atoms with E-state index in [1.54, 1.807) is 0 Å². The number of benzene rings is 1. The van der Waals surface area contributed by atoms with Gasteiger partial charge in [-0.05, 0) is 45.2 Å². The lowest BCUT2D eigenvalue weighted by molar-refractivity contribution is -0.120. The lowest BCUT2D eigenvalue weighted by Crippen LogP contribution is -2.45. The second-order valence-corrected chi connectivity index (χ2v) is 6.09. The van der Waals surface area contributed by atoms with Gasteiger partial charge >= 0.3 is 0 Å². The van der Waals surface area contributed by atoms with Crippen molar-refractivity contribution in [2.75, 3.05) is 24.6 Å². The van der Waals surface area contributed by atoms with Crippen molar-refractivity contribution in [3.05, 3.63) is 29.8 Å². The number of aliphatic hydroxyl groups is 1. The minimum absolute atomic E-state index is 0.152. The fourth-order valence-electron chi connectivity index (χ4n) is 2.99. The average molecular weight is 290 g/mol. The van der Waals surface area contributed by atoms with E-state index in [2.05, 4.69) is 31.7 Å². The first-order valence-corrected chi connectivity index (χ1v) is 7.79. The summed E-state index contributed by atoms with van der Waals surface area (Å²) < 4.78 is 0. The molecule has 116 valence electrons. The monoisotopic (exact) mass is 290 g/mol. The molecule has 0 radical (unpaired) electrons. The first-order chi connectivity index (χ1) is 10.0. The highest BCUT2D eigenvalue weighted by Gasteiger charge is 2.31. The number of carbonyl (C=O) groups excluding carboxylic acids is 1. The van der Waals surface area contributed by atoms with E-state index in [4.69, 9.17) is 5.11 Å². The van der Waals surface area contributed by atoms with Crippen molar-refractivity contribution in [2.24, 2.45) is 0 Å². The van der Waals surface area contributed by atoms with Gasteiger partial charge in [-0.25, -0.2) is 0 Å². The summed E-state index contributed by atoms with van der Waals surface area (Å²) in [6.07, 6.45) is 1.64. The zero-order valence-corrected chi connectivity index (χ0v) is 13.2. The minimum atomic E-state index is 0.152. The summed E-state index contributed by atoms with van der Waals surface area (Å²) in [5.74, 6) is 0.152. The maximum atomic E-state index is 12.7.